The first-order valence-corrected chi connectivity index (χ1v) is 43.4. The number of nitrogens with one attached hydrogen (secondary N) is 17. The Morgan fingerprint density at radius 3 is 1.18 bits per heavy atom. The molecular weight excluding hydrogens is 1800 g/mol. The van der Waals surface area contributed by atoms with Gasteiger partial charge in [-0.3, -0.25) is 105 Å². The minimum absolute atomic E-state index is 0.0175. The predicted molar refractivity (Wildman–Crippen MR) is 462 cm³/mol. The number of nitrogens with two attached hydrogens (primary N) is 3. The van der Waals surface area contributed by atoms with Gasteiger partial charge in [0.1, 0.15) is 84.6 Å². The average molecular weight is 1930 g/mol. The number of aromatic nitrogens is 2. The highest BCUT2D eigenvalue weighted by Crippen LogP contribution is 2.15. The molecule has 0 saturated heterocycles. The van der Waals surface area contributed by atoms with E-state index in [1.165, 1.54) is 50.6 Å². The number of benzene rings is 1. The Hall–Kier alpha value is -13.6. The van der Waals surface area contributed by atoms with Crippen LogP contribution < -0.4 is 102 Å². The van der Waals surface area contributed by atoms with Crippen LogP contribution in [0.1, 0.15) is 142 Å². The minimum Gasteiger partial charge on any atom is -0.481 e. The Kier molecular flexibility index (Phi) is 53.1. The topological polar surface area (TPSA) is 894 Å². The molecule has 17 amide bonds. The number of unbranched alkanes of at least 4 members (excludes halogenated alkanes) is 1. The molecule has 134 heavy (non-hydrogen) atoms. The summed E-state index contributed by atoms with van der Waals surface area (Å²) in [5.74, 6) is -30.7. The van der Waals surface area contributed by atoms with E-state index in [1.54, 1.807) is 12.3 Å². The first kappa shape index (κ1) is 116. The van der Waals surface area contributed by atoms with Crippen LogP contribution in [0, 0.1) is 5.92 Å². The maximum Gasteiger partial charge on any atom is 0.326 e. The van der Waals surface area contributed by atoms with Gasteiger partial charge < -0.3 is 158 Å². The van der Waals surface area contributed by atoms with Gasteiger partial charge in [0.2, 0.25) is 100 Å². The lowest BCUT2D eigenvalue weighted by Gasteiger charge is -2.29. The summed E-state index contributed by atoms with van der Waals surface area (Å²) in [6.45, 7) is 0.780. The number of aromatic amines is 1. The molecule has 0 aliphatic rings. The summed E-state index contributed by atoms with van der Waals surface area (Å²) in [6.07, 6.45) is -8.76. The molecule has 1 aromatic heterocycles. The van der Waals surface area contributed by atoms with Gasteiger partial charge in [0, 0.05) is 51.1 Å². The van der Waals surface area contributed by atoms with Gasteiger partial charge in [0.05, 0.1) is 63.0 Å². The van der Waals surface area contributed by atoms with Crippen molar-refractivity contribution in [2.75, 3.05) is 44.9 Å². The molecule has 0 bridgehead atoms. The number of aliphatic carboxylic acids is 6. The number of carbonyl (C=O) groups excluding carboxylic acids is 17. The van der Waals surface area contributed by atoms with Gasteiger partial charge in [0.25, 0.3) is 0 Å². The van der Waals surface area contributed by atoms with Crippen molar-refractivity contribution in [3.8, 4) is 0 Å². The number of H-pyrrole nitrogens is 1. The van der Waals surface area contributed by atoms with Crippen molar-refractivity contribution < 1.29 is 161 Å². The van der Waals surface area contributed by atoms with Crippen molar-refractivity contribution in [1.29, 1.82) is 0 Å². The largest absolute Gasteiger partial charge is 0.481 e. The molecule has 0 fully saturated rings. The quantitative estimate of drug-likeness (QED) is 0.0274. The fraction of sp³-hybridized carbons (Fsp3) is 0.595. The van der Waals surface area contributed by atoms with Crippen LogP contribution in [-0.4, -0.2) is 345 Å². The van der Waals surface area contributed by atoms with E-state index >= 15 is 0 Å². The van der Waals surface area contributed by atoms with Gasteiger partial charge in [-0.1, -0.05) is 44.2 Å². The third-order valence-corrected chi connectivity index (χ3v) is 20.1. The summed E-state index contributed by atoms with van der Waals surface area (Å²) in [5, 5.41) is 135. The van der Waals surface area contributed by atoms with Crippen LogP contribution in [-0.2, 0) is 123 Å². The summed E-state index contributed by atoms with van der Waals surface area (Å²) in [4.78, 5) is 311. The van der Waals surface area contributed by atoms with Gasteiger partial charge >= 0.3 is 35.8 Å². The fourth-order valence-corrected chi connectivity index (χ4v) is 12.8. The van der Waals surface area contributed by atoms with Crippen molar-refractivity contribution in [3.63, 3.8) is 0 Å². The molecule has 55 heteroatoms. The van der Waals surface area contributed by atoms with E-state index in [1.807, 2.05) is 16.0 Å². The molecule has 2 aromatic rings. The van der Waals surface area contributed by atoms with Crippen molar-refractivity contribution in [3.05, 3.63) is 54.1 Å². The summed E-state index contributed by atoms with van der Waals surface area (Å²) in [6, 6.07) is -20.1. The van der Waals surface area contributed by atoms with Crippen LogP contribution in [0.4, 0.5) is 0 Å². The van der Waals surface area contributed by atoms with Crippen LogP contribution in [0.2, 0.25) is 0 Å². The summed E-state index contributed by atoms with van der Waals surface area (Å²) in [7, 11) is 0. The van der Waals surface area contributed by atoms with Crippen molar-refractivity contribution >= 4 is 148 Å². The number of carbonyl (C=O) groups is 23. The van der Waals surface area contributed by atoms with E-state index in [-0.39, 0.29) is 50.8 Å². The molecule has 33 N–H and O–H groups in total. The molecule has 746 valence electrons. The second-order valence-corrected chi connectivity index (χ2v) is 32.0. The number of primary amides is 1. The number of imidazole rings is 1. The number of carboxylic acids is 6. The number of hydrogen-bond donors (Lipinski definition) is 30. The molecule has 0 aliphatic heterocycles. The van der Waals surface area contributed by atoms with Crippen molar-refractivity contribution in [2.24, 2.45) is 23.1 Å². The predicted octanol–water partition coefficient (Wildman–Crippen LogP) is -11.5. The van der Waals surface area contributed by atoms with Crippen LogP contribution in [0.3, 0.4) is 0 Å². The number of aliphatic hydroxyl groups excluding tert-OH is 4. The zero-order chi connectivity index (χ0) is 101. The first-order chi connectivity index (χ1) is 63.0. The Morgan fingerprint density at radius 1 is 0.396 bits per heavy atom. The number of nitrogens with zero attached hydrogens (tertiary/aromatic N) is 1. The highest BCUT2D eigenvalue weighted by molar-refractivity contribution is 7.98. The van der Waals surface area contributed by atoms with E-state index in [9.17, 15) is 156 Å². The lowest BCUT2D eigenvalue weighted by molar-refractivity contribution is -0.144. The number of amides is 17. The molecule has 1 aromatic carbocycles. The maximum absolute atomic E-state index is 14.4. The highest BCUT2D eigenvalue weighted by Gasteiger charge is 2.41. The normalized spacial score (nSPS) is 14.8. The van der Waals surface area contributed by atoms with Crippen LogP contribution in [0.5, 0.6) is 0 Å². The Labute approximate surface area is 769 Å². The molecule has 0 unspecified atom stereocenters. The summed E-state index contributed by atoms with van der Waals surface area (Å²) < 4.78 is 0. The zero-order valence-electron chi connectivity index (χ0n) is 73.9. The highest BCUT2D eigenvalue weighted by atomic mass is 32.2. The van der Waals surface area contributed by atoms with Gasteiger partial charge in [-0.15, -0.1) is 0 Å². The Balaban J connectivity index is 2.42. The molecular formula is C79H121N21O33S. The molecule has 0 saturated carbocycles. The van der Waals surface area contributed by atoms with Crippen LogP contribution >= 0.6 is 11.8 Å². The molecule has 0 radical (unpaired) electrons. The lowest BCUT2D eigenvalue weighted by atomic mass is 10.0. The molecule has 54 nitrogen and oxygen atoms in total. The molecule has 0 aliphatic carbocycles. The van der Waals surface area contributed by atoms with Crippen molar-refractivity contribution in [1.82, 2.24) is 95.0 Å². The third kappa shape index (κ3) is 45.5. The number of carboxylic acid groups (broad SMARTS) is 6. The second-order valence-electron chi connectivity index (χ2n) is 31.0. The maximum atomic E-state index is 14.4. The molecule has 1 heterocycles. The molecule has 2 rings (SSSR count). The van der Waals surface area contributed by atoms with Gasteiger partial charge in [-0.2, -0.15) is 11.8 Å². The number of thioether (sulfide) groups is 1. The monoisotopic (exact) mass is 1920 g/mol. The second kappa shape index (κ2) is 61.1. The number of aliphatic hydroxyl groups is 4. The van der Waals surface area contributed by atoms with E-state index in [4.69, 9.17) is 22.3 Å². The summed E-state index contributed by atoms with van der Waals surface area (Å²) in [5.41, 5.74) is 17.8. The smallest absolute Gasteiger partial charge is 0.326 e. The van der Waals surface area contributed by atoms with E-state index in [0.717, 1.165) is 25.6 Å². The van der Waals surface area contributed by atoms with Crippen LogP contribution in [0.15, 0.2) is 42.9 Å². The van der Waals surface area contributed by atoms with E-state index in [0.29, 0.717) is 11.3 Å². The average Bonchev–Trinajstić information content (AvgIpc) is 0.907. The number of rotatable bonds is 67. The summed E-state index contributed by atoms with van der Waals surface area (Å²) >= 11 is 1.13. The lowest BCUT2D eigenvalue weighted by Crippen LogP contribution is -2.63. The molecule has 17 atom stereocenters. The molecule has 0 spiro atoms. The third-order valence-electron chi connectivity index (χ3n) is 19.5. The zero-order valence-corrected chi connectivity index (χ0v) is 74.7. The Bertz CT molecular complexity index is 4360. The standard InChI is InChI=1S/C79H121N21O33S/c1-37(2)27-50(72(125)97-53(34-101)75(128)88-43(13-9-10-25-80)67(120)89-45(14-19-55(82)105)68(121)92-48(24-26-134-5)71(124)91-46(16-21-59(110)111)69(122)90-47(17-22-60(112)113)70(123)93-49(79(132)133)18-23-61(114)115)94-73(126)52(30-62(116)117)95-76(129)54(35-102)98-78(131)64(39(4)104)100-74(127)51(28-40-11-7-6-8-12-40)96-77(130)63(38(3)103)99-57(107)33-85-66(119)44(15-20-58(108)109)87-56(106)32-84-65(118)42(81)29-41-31-83-36-86-41/h6-8,11-12,31,36-39,42-54,63-64,101-104H,9-10,13-30,32-35,80-81H2,1-5H3,(H2,82,105)(H,83,86)(H,84,118)(H,85,119)(H,87,106)(H,88,128)(H,89,120)(H,90,122)(H,91,124)(H,92,121)(H,93,123)(H,94,126)(H,95,129)(H,96,130)(H,97,125)(H,98,131)(H,99,107)(H,100,127)(H,108,109)(H,110,111)(H,112,113)(H,114,115)(H,116,117)(H,132,133)/t38-,39-,42+,43+,44+,45+,46+,47+,48+,49+,50+,51+,52+,53+,54+,63+,64+/m1/s1. The van der Waals surface area contributed by atoms with Crippen LogP contribution in [0.25, 0.3) is 0 Å². The van der Waals surface area contributed by atoms with E-state index < -0.39 is 348 Å². The van der Waals surface area contributed by atoms with Gasteiger partial charge in [-0.05, 0) is 108 Å². The number of hydrogen-bond acceptors (Lipinski definition) is 31. The van der Waals surface area contributed by atoms with E-state index in [2.05, 4.69) is 79.1 Å². The Morgan fingerprint density at radius 2 is 0.761 bits per heavy atom. The first-order valence-electron chi connectivity index (χ1n) is 42.0. The minimum atomic E-state index is -2.21. The van der Waals surface area contributed by atoms with Gasteiger partial charge in [0.15, 0.2) is 0 Å². The fourth-order valence-electron chi connectivity index (χ4n) is 12.3. The van der Waals surface area contributed by atoms with Gasteiger partial charge in [-0.25, -0.2) is 9.78 Å². The SMILES string of the molecule is CSCC[C@H](NC(=O)[C@H](CCC(N)=O)NC(=O)[C@H](CCCCN)NC(=O)[C@H](CO)NC(=O)[C@H](CC(C)C)NC(=O)[C@H](CC(=O)O)NC(=O)[C@H](CO)NC(=O)[C@@H](NC(=O)[C@H](Cc1ccccc1)NC(=O)[C@@H](NC(=O)CNC(=O)[C@H](CCC(=O)O)NC(=O)CNC(=O)[C@@H](N)Cc1c[nH]cn1)[C@@H](C)O)[C@@H](C)O)C(=O)N[C@@H](CCC(=O)O)C(=O)N[C@@H](CCC(=O)O)C(=O)N[C@@H](CCC(=O)O)C(=O)O. The van der Waals surface area contributed by atoms with Crippen molar-refractivity contribution in [2.45, 2.75) is 246 Å².